The number of aromatic nitrogens is 2. The highest BCUT2D eigenvalue weighted by atomic mass is 35.5. The van der Waals surface area contributed by atoms with Gasteiger partial charge in [-0.05, 0) is 38.3 Å². The lowest BCUT2D eigenvalue weighted by Crippen LogP contribution is -2.52. The highest BCUT2D eigenvalue weighted by Crippen LogP contribution is 2.15. The number of nitrogens with zero attached hydrogens (tertiary/aromatic N) is 3. The maximum atomic E-state index is 12.1. The molecule has 0 aliphatic carbocycles. The lowest BCUT2D eigenvalue weighted by molar-refractivity contribution is -0.123. The van der Waals surface area contributed by atoms with E-state index >= 15 is 0 Å². The second kappa shape index (κ2) is 7.56. The van der Waals surface area contributed by atoms with Crippen LogP contribution in [0.2, 0.25) is 0 Å². The number of hydrogen-bond donors (Lipinski definition) is 2. The number of rotatable bonds is 3. The van der Waals surface area contributed by atoms with Crippen molar-refractivity contribution in [2.75, 3.05) is 24.5 Å². The van der Waals surface area contributed by atoms with E-state index in [9.17, 15) is 4.79 Å². The molecule has 2 unspecified atom stereocenters. The Kier molecular flexibility index (Phi) is 5.76. The summed E-state index contributed by atoms with van der Waals surface area (Å²) in [5, 5.41) is 6.40. The number of nitrogens with one attached hydrogen (secondary N) is 2. The van der Waals surface area contributed by atoms with E-state index in [4.69, 9.17) is 0 Å². The van der Waals surface area contributed by atoms with E-state index in [0.717, 1.165) is 51.3 Å². The summed E-state index contributed by atoms with van der Waals surface area (Å²) >= 11 is 0. The van der Waals surface area contributed by atoms with E-state index in [1.807, 2.05) is 6.07 Å². The smallest absolute Gasteiger partial charge is 0.237 e. The van der Waals surface area contributed by atoms with Crippen LogP contribution in [0.5, 0.6) is 0 Å². The predicted octanol–water partition coefficient (Wildman–Crippen LogP) is 0.735. The van der Waals surface area contributed by atoms with Crippen LogP contribution in [0.25, 0.3) is 0 Å². The molecule has 1 aromatic rings. The number of anilines is 1. The molecule has 6 nitrogen and oxygen atoms in total. The van der Waals surface area contributed by atoms with Crippen molar-refractivity contribution in [3.05, 3.63) is 18.5 Å². The van der Waals surface area contributed by atoms with E-state index in [1.165, 1.54) is 0 Å². The minimum atomic E-state index is -0.00153. The van der Waals surface area contributed by atoms with E-state index in [2.05, 4.69) is 25.5 Å². The maximum Gasteiger partial charge on any atom is 0.237 e. The molecule has 3 rings (SSSR count). The molecule has 2 aliphatic rings. The monoisotopic (exact) mass is 311 g/mol. The summed E-state index contributed by atoms with van der Waals surface area (Å²) < 4.78 is 0. The molecule has 2 aliphatic heterocycles. The van der Waals surface area contributed by atoms with Gasteiger partial charge in [-0.2, -0.15) is 0 Å². The molecule has 2 N–H and O–H groups in total. The first-order valence-corrected chi connectivity index (χ1v) is 7.38. The number of halogens is 1. The van der Waals surface area contributed by atoms with E-state index in [1.54, 1.807) is 12.4 Å². The molecule has 0 bridgehead atoms. The zero-order chi connectivity index (χ0) is 13.8. The van der Waals surface area contributed by atoms with Crippen LogP contribution in [0.4, 0.5) is 5.95 Å². The van der Waals surface area contributed by atoms with Gasteiger partial charge in [0.15, 0.2) is 0 Å². The number of hydrogen-bond acceptors (Lipinski definition) is 5. The number of amides is 1. The van der Waals surface area contributed by atoms with Crippen molar-refractivity contribution in [2.24, 2.45) is 0 Å². The third-order valence-corrected chi connectivity index (χ3v) is 3.98. The van der Waals surface area contributed by atoms with Crippen LogP contribution in [0.1, 0.15) is 25.7 Å². The average molecular weight is 312 g/mol. The number of carbonyl (C=O) groups excluding carboxylic acids is 1. The highest BCUT2D eigenvalue weighted by Gasteiger charge is 2.27. The van der Waals surface area contributed by atoms with Gasteiger partial charge in [-0.25, -0.2) is 9.97 Å². The van der Waals surface area contributed by atoms with Gasteiger partial charge < -0.3 is 15.5 Å². The van der Waals surface area contributed by atoms with E-state index in [-0.39, 0.29) is 30.4 Å². The summed E-state index contributed by atoms with van der Waals surface area (Å²) in [6.07, 6.45) is 7.64. The molecule has 7 heteroatoms. The van der Waals surface area contributed by atoms with Gasteiger partial charge >= 0.3 is 0 Å². The van der Waals surface area contributed by atoms with Gasteiger partial charge in [0.25, 0.3) is 0 Å². The Bertz CT molecular complexity index is 452. The van der Waals surface area contributed by atoms with Crippen molar-refractivity contribution < 1.29 is 4.79 Å². The van der Waals surface area contributed by atoms with Gasteiger partial charge in [-0.15, -0.1) is 12.4 Å². The SMILES string of the molecule is Cl.O=C(NC1CCCN(c2ncccn2)C1)C1CCCN1. The number of carbonyl (C=O) groups is 1. The topological polar surface area (TPSA) is 70.2 Å². The third kappa shape index (κ3) is 4.04. The van der Waals surface area contributed by atoms with Gasteiger partial charge in [0.05, 0.1) is 6.04 Å². The molecule has 1 aromatic heterocycles. The van der Waals surface area contributed by atoms with Crippen LogP contribution in [0.3, 0.4) is 0 Å². The molecule has 3 heterocycles. The standard InChI is InChI=1S/C14H21N5O.ClH/c20-13(12-5-1-6-15-12)18-11-4-2-9-19(10-11)14-16-7-3-8-17-14;/h3,7-8,11-12,15H,1-2,4-6,9-10H2,(H,18,20);1H. The van der Waals surface area contributed by atoms with Crippen molar-refractivity contribution in [3.63, 3.8) is 0 Å². The Balaban J connectivity index is 0.00000161. The normalized spacial score (nSPS) is 25.2. The first-order chi connectivity index (χ1) is 9.83. The first kappa shape index (κ1) is 16.0. The third-order valence-electron chi connectivity index (χ3n) is 3.98. The zero-order valence-corrected chi connectivity index (χ0v) is 12.8. The molecule has 0 aromatic carbocycles. The first-order valence-electron chi connectivity index (χ1n) is 7.38. The van der Waals surface area contributed by atoms with Crippen LogP contribution >= 0.6 is 12.4 Å². The highest BCUT2D eigenvalue weighted by molar-refractivity contribution is 5.85. The predicted molar refractivity (Wildman–Crippen MR) is 83.7 cm³/mol. The quantitative estimate of drug-likeness (QED) is 0.861. The molecule has 21 heavy (non-hydrogen) atoms. The molecule has 2 fully saturated rings. The van der Waals surface area contributed by atoms with E-state index < -0.39 is 0 Å². The second-order valence-corrected chi connectivity index (χ2v) is 5.49. The summed E-state index contributed by atoms with van der Waals surface area (Å²) in [4.78, 5) is 22.8. The molecule has 1 amide bonds. The van der Waals surface area contributed by atoms with Gasteiger partial charge in [0.1, 0.15) is 0 Å². The van der Waals surface area contributed by atoms with E-state index in [0.29, 0.717) is 0 Å². The van der Waals surface area contributed by atoms with Crippen molar-refractivity contribution in [1.82, 2.24) is 20.6 Å². The zero-order valence-electron chi connectivity index (χ0n) is 12.0. The summed E-state index contributed by atoms with van der Waals surface area (Å²) in [5.74, 6) is 0.897. The van der Waals surface area contributed by atoms with Crippen molar-refractivity contribution in [2.45, 2.75) is 37.8 Å². The van der Waals surface area contributed by atoms with Crippen LogP contribution in [-0.2, 0) is 4.79 Å². The lowest BCUT2D eigenvalue weighted by atomic mass is 10.1. The molecule has 0 radical (unpaired) electrons. The Morgan fingerprint density at radius 1 is 1.29 bits per heavy atom. The molecule has 2 atom stereocenters. The molecule has 0 saturated carbocycles. The number of piperidine rings is 1. The molecule has 0 spiro atoms. The summed E-state index contributed by atoms with van der Waals surface area (Å²) in [7, 11) is 0. The average Bonchev–Trinajstić information content (AvgIpc) is 3.03. The maximum absolute atomic E-state index is 12.1. The lowest BCUT2D eigenvalue weighted by Gasteiger charge is -2.33. The van der Waals surface area contributed by atoms with Gasteiger partial charge in [0, 0.05) is 31.5 Å². The van der Waals surface area contributed by atoms with Crippen molar-refractivity contribution in [1.29, 1.82) is 0 Å². The summed E-state index contributed by atoms with van der Waals surface area (Å²) in [6, 6.07) is 2.01. The molecule has 2 saturated heterocycles. The largest absolute Gasteiger partial charge is 0.350 e. The molecular formula is C14H22ClN5O. The fraction of sp³-hybridized carbons (Fsp3) is 0.643. The van der Waals surface area contributed by atoms with Crippen molar-refractivity contribution >= 4 is 24.3 Å². The van der Waals surface area contributed by atoms with Crippen LogP contribution in [0, 0.1) is 0 Å². The summed E-state index contributed by atoms with van der Waals surface area (Å²) in [6.45, 7) is 2.70. The second-order valence-electron chi connectivity index (χ2n) is 5.49. The van der Waals surface area contributed by atoms with Gasteiger partial charge in [-0.1, -0.05) is 0 Å². The fourth-order valence-electron chi connectivity index (χ4n) is 2.94. The Labute approximate surface area is 131 Å². The Hall–Kier alpha value is -1.40. The molecule has 116 valence electrons. The Morgan fingerprint density at radius 3 is 2.81 bits per heavy atom. The van der Waals surface area contributed by atoms with Gasteiger partial charge in [0.2, 0.25) is 11.9 Å². The van der Waals surface area contributed by atoms with Gasteiger partial charge in [-0.3, -0.25) is 4.79 Å². The van der Waals surface area contributed by atoms with Crippen LogP contribution in [-0.4, -0.2) is 47.6 Å². The summed E-state index contributed by atoms with van der Waals surface area (Å²) in [5.41, 5.74) is 0. The van der Waals surface area contributed by atoms with Crippen LogP contribution < -0.4 is 15.5 Å². The minimum Gasteiger partial charge on any atom is -0.350 e. The van der Waals surface area contributed by atoms with Crippen molar-refractivity contribution in [3.8, 4) is 0 Å². The minimum absolute atomic E-state index is 0. The fourth-order valence-corrected chi connectivity index (χ4v) is 2.94. The molecular weight excluding hydrogens is 290 g/mol. The van der Waals surface area contributed by atoms with Crippen LogP contribution in [0.15, 0.2) is 18.5 Å². The Morgan fingerprint density at radius 2 is 2.10 bits per heavy atom.